The summed E-state index contributed by atoms with van der Waals surface area (Å²) >= 11 is 0. The van der Waals surface area contributed by atoms with Crippen molar-refractivity contribution in [2.45, 2.75) is 32.9 Å². The predicted octanol–water partition coefficient (Wildman–Crippen LogP) is 0.889. The van der Waals surface area contributed by atoms with Crippen LogP contribution in [-0.2, 0) is 16.6 Å². The molecule has 0 saturated carbocycles. The zero-order valence-electron chi connectivity index (χ0n) is 10.9. The SMILES string of the molecule is CC(C)NCCCS(=O)(=O)NCc1ccncc1. The summed E-state index contributed by atoms with van der Waals surface area (Å²) in [7, 11) is -3.19. The van der Waals surface area contributed by atoms with E-state index in [1.54, 1.807) is 24.5 Å². The number of hydrogen-bond acceptors (Lipinski definition) is 4. The number of rotatable bonds is 8. The lowest BCUT2D eigenvalue weighted by Crippen LogP contribution is -2.29. The van der Waals surface area contributed by atoms with Gasteiger partial charge in [-0.2, -0.15) is 0 Å². The van der Waals surface area contributed by atoms with E-state index in [-0.39, 0.29) is 5.75 Å². The van der Waals surface area contributed by atoms with E-state index in [0.717, 1.165) is 5.56 Å². The van der Waals surface area contributed by atoms with E-state index in [2.05, 4.69) is 15.0 Å². The van der Waals surface area contributed by atoms with Crippen molar-refractivity contribution in [1.82, 2.24) is 15.0 Å². The van der Waals surface area contributed by atoms with Crippen LogP contribution in [0, 0.1) is 0 Å². The summed E-state index contributed by atoms with van der Waals surface area (Å²) in [5, 5.41) is 3.19. The smallest absolute Gasteiger partial charge is 0.211 e. The summed E-state index contributed by atoms with van der Waals surface area (Å²) in [5.41, 5.74) is 0.911. The zero-order valence-corrected chi connectivity index (χ0v) is 11.7. The molecule has 0 aliphatic heterocycles. The minimum absolute atomic E-state index is 0.151. The number of sulfonamides is 1. The molecule has 1 rings (SSSR count). The van der Waals surface area contributed by atoms with Gasteiger partial charge in [-0.1, -0.05) is 13.8 Å². The molecule has 102 valence electrons. The van der Waals surface area contributed by atoms with Crippen molar-refractivity contribution < 1.29 is 8.42 Å². The van der Waals surface area contributed by atoms with Crippen LogP contribution in [0.3, 0.4) is 0 Å². The second kappa shape index (κ2) is 7.45. The highest BCUT2D eigenvalue weighted by Gasteiger charge is 2.09. The van der Waals surface area contributed by atoms with Gasteiger partial charge in [-0.05, 0) is 30.7 Å². The maximum absolute atomic E-state index is 11.7. The third-order valence-electron chi connectivity index (χ3n) is 2.39. The Kier molecular flexibility index (Phi) is 6.24. The van der Waals surface area contributed by atoms with Crippen molar-refractivity contribution in [3.63, 3.8) is 0 Å². The van der Waals surface area contributed by atoms with E-state index in [1.807, 2.05) is 13.8 Å². The Balaban J connectivity index is 2.28. The Morgan fingerprint density at radius 2 is 1.94 bits per heavy atom. The van der Waals surface area contributed by atoms with Crippen molar-refractivity contribution in [3.05, 3.63) is 30.1 Å². The predicted molar refractivity (Wildman–Crippen MR) is 72.6 cm³/mol. The van der Waals surface area contributed by atoms with Crippen LogP contribution in [0.4, 0.5) is 0 Å². The van der Waals surface area contributed by atoms with Crippen LogP contribution in [0.1, 0.15) is 25.8 Å². The summed E-state index contributed by atoms with van der Waals surface area (Å²) in [4.78, 5) is 3.88. The molecular weight excluding hydrogens is 250 g/mol. The first kappa shape index (κ1) is 15.1. The molecule has 0 amide bonds. The molecule has 0 radical (unpaired) electrons. The van der Waals surface area contributed by atoms with Gasteiger partial charge in [0.1, 0.15) is 0 Å². The van der Waals surface area contributed by atoms with E-state index in [4.69, 9.17) is 0 Å². The van der Waals surface area contributed by atoms with Crippen LogP contribution in [0.25, 0.3) is 0 Å². The molecule has 0 spiro atoms. The Labute approximate surface area is 109 Å². The van der Waals surface area contributed by atoms with Gasteiger partial charge in [0.25, 0.3) is 0 Å². The molecule has 0 aliphatic rings. The molecule has 1 heterocycles. The molecule has 0 saturated heterocycles. The third kappa shape index (κ3) is 6.68. The molecule has 0 fully saturated rings. The lowest BCUT2D eigenvalue weighted by molar-refractivity contribution is 0.561. The molecule has 2 N–H and O–H groups in total. The number of aromatic nitrogens is 1. The normalized spacial score (nSPS) is 11.9. The van der Waals surface area contributed by atoms with Gasteiger partial charge in [0.15, 0.2) is 0 Å². The van der Waals surface area contributed by atoms with Crippen molar-refractivity contribution >= 4 is 10.0 Å². The molecule has 18 heavy (non-hydrogen) atoms. The van der Waals surface area contributed by atoms with Gasteiger partial charge in [-0.3, -0.25) is 4.98 Å². The molecular formula is C12H21N3O2S. The molecule has 0 aliphatic carbocycles. The lowest BCUT2D eigenvalue weighted by Gasteiger charge is -2.09. The number of hydrogen-bond donors (Lipinski definition) is 2. The van der Waals surface area contributed by atoms with E-state index in [0.29, 0.717) is 25.6 Å². The van der Waals surface area contributed by atoms with Crippen molar-refractivity contribution in [2.75, 3.05) is 12.3 Å². The van der Waals surface area contributed by atoms with Gasteiger partial charge in [0.05, 0.1) is 5.75 Å². The molecule has 0 atom stereocenters. The first-order valence-corrected chi connectivity index (χ1v) is 7.74. The van der Waals surface area contributed by atoms with Gasteiger partial charge in [0, 0.05) is 25.0 Å². The number of nitrogens with one attached hydrogen (secondary N) is 2. The summed E-state index contributed by atoms with van der Waals surface area (Å²) in [5.74, 6) is 0.151. The van der Waals surface area contributed by atoms with Crippen LogP contribution < -0.4 is 10.0 Å². The highest BCUT2D eigenvalue weighted by atomic mass is 32.2. The number of pyridine rings is 1. The Morgan fingerprint density at radius 1 is 1.28 bits per heavy atom. The van der Waals surface area contributed by atoms with Crippen molar-refractivity contribution in [2.24, 2.45) is 0 Å². The van der Waals surface area contributed by atoms with Crippen molar-refractivity contribution in [1.29, 1.82) is 0 Å². The molecule has 6 heteroatoms. The maximum atomic E-state index is 11.7. The molecule has 5 nitrogen and oxygen atoms in total. The van der Waals surface area contributed by atoms with Gasteiger partial charge >= 0.3 is 0 Å². The minimum Gasteiger partial charge on any atom is -0.314 e. The third-order valence-corrected chi connectivity index (χ3v) is 3.80. The van der Waals surface area contributed by atoms with Crippen LogP contribution in [-0.4, -0.2) is 31.7 Å². The van der Waals surface area contributed by atoms with Gasteiger partial charge < -0.3 is 5.32 Å². The van der Waals surface area contributed by atoms with E-state index >= 15 is 0 Å². The average molecular weight is 271 g/mol. The summed E-state index contributed by atoms with van der Waals surface area (Å²) in [6.07, 6.45) is 3.91. The quantitative estimate of drug-likeness (QED) is 0.689. The van der Waals surface area contributed by atoms with Crippen LogP contribution in [0.5, 0.6) is 0 Å². The van der Waals surface area contributed by atoms with Crippen LogP contribution >= 0.6 is 0 Å². The summed E-state index contributed by atoms with van der Waals surface area (Å²) in [6, 6.07) is 3.98. The van der Waals surface area contributed by atoms with Crippen LogP contribution in [0.2, 0.25) is 0 Å². The van der Waals surface area contributed by atoms with Gasteiger partial charge in [0.2, 0.25) is 10.0 Å². The fourth-order valence-corrected chi connectivity index (χ4v) is 2.47. The summed E-state index contributed by atoms with van der Waals surface area (Å²) in [6.45, 7) is 5.11. The average Bonchev–Trinajstić information content (AvgIpc) is 2.34. The van der Waals surface area contributed by atoms with E-state index in [1.165, 1.54) is 0 Å². The largest absolute Gasteiger partial charge is 0.314 e. The standard InChI is InChI=1S/C12H21N3O2S/c1-11(2)14-6-3-9-18(16,17)15-10-12-4-7-13-8-5-12/h4-5,7-8,11,14-15H,3,6,9-10H2,1-2H3. The van der Waals surface area contributed by atoms with Crippen molar-refractivity contribution in [3.8, 4) is 0 Å². The molecule has 0 unspecified atom stereocenters. The Hall–Kier alpha value is -0.980. The van der Waals surface area contributed by atoms with E-state index in [9.17, 15) is 8.42 Å². The molecule has 0 aromatic carbocycles. The molecule has 1 aromatic rings. The Bertz CT molecular complexity index is 432. The second-order valence-corrected chi connectivity index (χ2v) is 6.38. The number of nitrogens with zero attached hydrogens (tertiary/aromatic N) is 1. The fourth-order valence-electron chi connectivity index (χ4n) is 1.42. The van der Waals surface area contributed by atoms with E-state index < -0.39 is 10.0 Å². The van der Waals surface area contributed by atoms with Gasteiger partial charge in [-0.25, -0.2) is 13.1 Å². The lowest BCUT2D eigenvalue weighted by atomic mass is 10.3. The second-order valence-electron chi connectivity index (χ2n) is 4.46. The summed E-state index contributed by atoms with van der Waals surface area (Å²) < 4.78 is 26.0. The van der Waals surface area contributed by atoms with Gasteiger partial charge in [-0.15, -0.1) is 0 Å². The highest BCUT2D eigenvalue weighted by Crippen LogP contribution is 1.97. The first-order valence-electron chi connectivity index (χ1n) is 6.09. The van der Waals surface area contributed by atoms with Crippen LogP contribution in [0.15, 0.2) is 24.5 Å². The Morgan fingerprint density at radius 3 is 2.56 bits per heavy atom. The topological polar surface area (TPSA) is 71.1 Å². The molecule has 0 bridgehead atoms. The fraction of sp³-hybridized carbons (Fsp3) is 0.583. The highest BCUT2D eigenvalue weighted by molar-refractivity contribution is 7.89. The first-order chi connectivity index (χ1) is 8.49. The minimum atomic E-state index is -3.19. The monoisotopic (exact) mass is 271 g/mol. The maximum Gasteiger partial charge on any atom is 0.211 e. The zero-order chi connectivity index (χ0) is 13.4. The molecule has 1 aromatic heterocycles.